The van der Waals surface area contributed by atoms with Gasteiger partial charge in [-0.2, -0.15) is 20.1 Å². The molecule has 102 heavy (non-hydrogen) atoms. The molecule has 0 aromatic heterocycles. The largest absolute Gasteiger partial charge is 0.493 e. The van der Waals surface area contributed by atoms with Crippen LogP contribution in [-0.2, 0) is 71.3 Å². The Balaban J connectivity index is 0.00000117. The van der Waals surface area contributed by atoms with Crippen LogP contribution in [0.15, 0.2) is 102 Å². The standard InChI is InChI=1S/C14H14BNO4.C13H19BN2O3.C12H14N2O.C10H18O3.C7H9BO2.C6H8BNO3.2C4H8O.CO2.CH4/c1-10-2-4-11(5-3-10)13(17)7-6-12-14(18)19-8-15(12)20-9-16;1-9-3-5-10(6-4-9)12(17)8-7-11(13(15)18)16-14(2)19;1-8-2-4-9(5-3-8)10-6-7-11(14-10)12(13)15;1-9(2,3)7(11)13-8(12)10(4,5)6;1-6-2-4-7(5-3-6)8(9)10;1-2-5-6(9)10-3-7(5)11-4-8;2*1-2-4-5-3-1;2-1-3;/h2-5,12H,6-8H2,1H3;3-6,11,16,19H,7-8H2,1-2H3,(H2,15,18);2-5,11H,6-7H2,1H3,(H2,13,15);1-6H3;2-5,9-10H,1H3;5H,2-3H2,1H3;2*1-4H2;;1H4/t;2*11-;;;;;;;/m.00......./s1. The van der Waals surface area contributed by atoms with E-state index in [1.54, 1.807) is 90.5 Å². The highest BCUT2D eigenvalue weighted by Crippen LogP contribution is 2.28. The molecule has 2 unspecified atom stereocenters. The van der Waals surface area contributed by atoms with Crippen LogP contribution in [0.5, 0.6) is 0 Å². The number of esters is 4. The van der Waals surface area contributed by atoms with Crippen LogP contribution in [0, 0.1) is 61.6 Å². The summed E-state index contributed by atoms with van der Waals surface area (Å²) in [5.74, 6) is -3.37. The molecule has 4 fully saturated rings. The first-order valence-electron chi connectivity index (χ1n) is 33.3. The Hall–Kier alpha value is -9.11. The van der Waals surface area contributed by atoms with E-state index in [2.05, 4.69) is 27.0 Å². The predicted octanol–water partition coefficient (Wildman–Crippen LogP) is 7.68. The Kier molecular flexibility index (Phi) is 45.8. The van der Waals surface area contributed by atoms with Gasteiger partial charge in [0, 0.05) is 56.1 Å². The first kappa shape index (κ1) is 92.9. The van der Waals surface area contributed by atoms with Crippen molar-refractivity contribution in [2.75, 3.05) is 39.4 Å². The minimum absolute atomic E-state index is 0. The summed E-state index contributed by atoms with van der Waals surface area (Å²) in [5.41, 5.74) is 17.6. The zero-order chi connectivity index (χ0) is 76.3. The minimum atomic E-state index is -1.35. The number of amides is 2. The van der Waals surface area contributed by atoms with Gasteiger partial charge in [-0.25, -0.2) is 0 Å². The number of nitrogens with two attached hydrogens (primary N) is 2. The number of benzene rings is 4. The van der Waals surface area contributed by atoms with E-state index in [9.17, 15) is 43.4 Å². The fourth-order valence-corrected chi connectivity index (χ4v) is 9.02. The molecule has 9 rings (SSSR count). The Morgan fingerprint density at radius 2 is 1.03 bits per heavy atom. The Morgan fingerprint density at radius 1 is 0.647 bits per heavy atom. The van der Waals surface area contributed by atoms with Crippen molar-refractivity contribution in [1.29, 1.82) is 10.5 Å². The van der Waals surface area contributed by atoms with Crippen LogP contribution < -0.4 is 22.2 Å². The van der Waals surface area contributed by atoms with Crippen LogP contribution in [0.25, 0.3) is 0 Å². The summed E-state index contributed by atoms with van der Waals surface area (Å²) in [6.07, 6.45) is 11.8. The van der Waals surface area contributed by atoms with Gasteiger partial charge in [0.25, 0.3) is 12.5 Å². The third-order valence-electron chi connectivity index (χ3n) is 15.1. The molecule has 0 spiro atoms. The van der Waals surface area contributed by atoms with Gasteiger partial charge in [0.1, 0.15) is 19.1 Å². The van der Waals surface area contributed by atoms with Gasteiger partial charge >= 0.3 is 58.0 Å². The number of nitriles is 2. The highest BCUT2D eigenvalue weighted by Gasteiger charge is 2.44. The molecule has 2 amide bonds. The van der Waals surface area contributed by atoms with Crippen LogP contribution in [0.2, 0.25) is 18.5 Å². The van der Waals surface area contributed by atoms with Crippen molar-refractivity contribution >= 4 is 92.6 Å². The Morgan fingerprint density at radius 3 is 1.36 bits per heavy atom. The zero-order valence-electron chi connectivity index (χ0n) is 60.2. The molecule has 0 aliphatic carbocycles. The molecule has 4 atom stereocenters. The molecule has 5 aliphatic rings. The summed E-state index contributed by atoms with van der Waals surface area (Å²) in [4.78, 5) is 112. The maximum Gasteiger partial charge on any atom is 0.488 e. The number of hydrogen-bond acceptors (Lipinski definition) is 24. The first-order chi connectivity index (χ1) is 47.6. The van der Waals surface area contributed by atoms with E-state index in [0.29, 0.717) is 29.4 Å². The van der Waals surface area contributed by atoms with E-state index in [1.807, 2.05) is 83.1 Å². The van der Waals surface area contributed by atoms with E-state index in [0.717, 1.165) is 67.2 Å². The number of hydrogen-bond donors (Lipinski definition) is 6. The number of carbonyl (C=O) groups is 8. The van der Waals surface area contributed by atoms with Gasteiger partial charge < -0.3 is 64.8 Å². The van der Waals surface area contributed by atoms with Gasteiger partial charge in [0.2, 0.25) is 11.8 Å². The van der Waals surface area contributed by atoms with Crippen molar-refractivity contribution in [2.45, 2.75) is 185 Å². The van der Waals surface area contributed by atoms with Gasteiger partial charge in [-0.3, -0.25) is 43.3 Å². The second-order valence-electron chi connectivity index (χ2n) is 25.9. The summed E-state index contributed by atoms with van der Waals surface area (Å²) >= 11 is 0. The molecule has 30 heteroatoms. The van der Waals surface area contributed by atoms with Gasteiger partial charge in [-0.1, -0.05) is 134 Å². The van der Waals surface area contributed by atoms with Crippen molar-refractivity contribution in [1.82, 2.24) is 5.23 Å². The van der Waals surface area contributed by atoms with Gasteiger partial charge in [0.15, 0.2) is 11.6 Å². The lowest BCUT2D eigenvalue weighted by molar-refractivity contribution is -0.192. The maximum absolute atomic E-state index is 12.0. The third kappa shape index (κ3) is 38.6. The highest BCUT2D eigenvalue weighted by atomic mass is 16.6. The first-order valence-corrected chi connectivity index (χ1v) is 33.3. The summed E-state index contributed by atoms with van der Waals surface area (Å²) in [5, 5.41) is 45.8. The second kappa shape index (κ2) is 50.3. The van der Waals surface area contributed by atoms with Crippen LogP contribution in [0.3, 0.4) is 0 Å². The van der Waals surface area contributed by atoms with Crippen molar-refractivity contribution < 1.29 is 96.0 Å². The Bertz CT molecular complexity index is 3310. The topological polar surface area (TPSA) is 420 Å². The number of ether oxygens (including phenoxy) is 5. The summed E-state index contributed by atoms with van der Waals surface area (Å²) in [7, 11) is -2.19. The molecule has 0 bridgehead atoms. The smallest absolute Gasteiger partial charge is 0.488 e. The summed E-state index contributed by atoms with van der Waals surface area (Å²) in [6, 6.07) is 28.8. The number of nitrogens with zero attached hydrogens (tertiary/aromatic N) is 3. The lowest BCUT2D eigenvalue weighted by Crippen LogP contribution is -2.47. The highest BCUT2D eigenvalue weighted by molar-refractivity contribution is 6.61. The van der Waals surface area contributed by atoms with Crippen LogP contribution in [0.1, 0.15) is 175 Å². The molecule has 0 saturated carbocycles. The fourth-order valence-electron chi connectivity index (χ4n) is 9.02. The molecular weight excluding hydrogens is 1310 g/mol. The molecule has 8 N–H and O–H groups in total. The predicted molar refractivity (Wildman–Crippen MR) is 387 cm³/mol. The SMILES string of the molecule is C.C1CCOC1.C1CCOC1.CB(O)N[C@@H](CCC(=O)c1ccc(C)cc1)C(N)=O.CC(C)(C)C(=O)OC(=O)C(C)(C)C.CCC1B(OC#N)COC1=O.Cc1ccc(B(O)O)cc1.Cc1ccc(C(=O)CCC2B(OC#N)COC2=O)cc1.Cc1ccc(C2=N[C@H](C(N)=O)CC2)cc1.O=C=O. The zero-order valence-corrected chi connectivity index (χ0v) is 60.2. The Labute approximate surface area is 601 Å². The number of ketones is 2. The van der Waals surface area contributed by atoms with E-state index in [-0.39, 0.29) is 88.1 Å². The molecule has 4 saturated heterocycles. The van der Waals surface area contributed by atoms with Crippen molar-refractivity contribution in [3.63, 3.8) is 0 Å². The molecule has 4 aromatic rings. The van der Waals surface area contributed by atoms with Crippen LogP contribution in [-0.4, -0.2) is 154 Å². The maximum atomic E-state index is 12.0. The molecule has 26 nitrogen and oxygen atoms in total. The van der Waals surface area contributed by atoms with Crippen molar-refractivity contribution in [3.05, 3.63) is 136 Å². The normalized spacial score (nSPS) is 16.0. The number of primary amides is 2. The minimum Gasteiger partial charge on any atom is -0.493 e. The molecule has 5 aliphatic heterocycles. The molecule has 552 valence electrons. The monoisotopic (exact) mass is 1410 g/mol. The average Bonchev–Trinajstić information content (AvgIpc) is 1.67. The number of aryl methyl sites for hydroxylation is 4. The van der Waals surface area contributed by atoms with E-state index in [1.165, 1.54) is 38.1 Å². The lowest BCUT2D eigenvalue weighted by atomic mass is 9.57. The number of cyclic esters (lactones) is 2. The quantitative estimate of drug-likeness (QED) is 0.0147. The number of rotatable bonds is 17. The van der Waals surface area contributed by atoms with Gasteiger partial charge in [-0.15, -0.1) is 0 Å². The summed E-state index contributed by atoms with van der Waals surface area (Å²) in [6.45, 7) is 24.9. The number of carbonyl (C=O) groups excluding carboxylic acids is 10. The summed E-state index contributed by atoms with van der Waals surface area (Å²) < 4.78 is 33.6. The van der Waals surface area contributed by atoms with Crippen molar-refractivity contribution in [2.24, 2.45) is 27.3 Å². The fraction of sp³-hybridized carbons (Fsp3) is 0.500. The number of aliphatic imine (C=N–C) groups is 1. The molecule has 4 aromatic carbocycles. The van der Waals surface area contributed by atoms with Gasteiger partial charge in [0.05, 0.1) is 28.5 Å². The molecule has 0 radical (unpaired) electrons. The molecule has 5 heterocycles. The number of Topliss-reactive ketones (excluding diaryl/α,β-unsaturated/α-hetero) is 2. The van der Waals surface area contributed by atoms with E-state index in [4.69, 9.17) is 70.0 Å². The van der Waals surface area contributed by atoms with Gasteiger partial charge in [-0.05, 0) is 145 Å². The average molecular weight is 1410 g/mol. The second-order valence-corrected chi connectivity index (χ2v) is 25.9. The van der Waals surface area contributed by atoms with E-state index >= 15 is 0 Å². The lowest BCUT2D eigenvalue weighted by Gasteiger charge is -2.20. The molecular formula is C72H102B4N6O20. The third-order valence-corrected chi connectivity index (χ3v) is 15.1. The van der Waals surface area contributed by atoms with Crippen LogP contribution in [0.4, 0.5) is 0 Å². The van der Waals surface area contributed by atoms with Crippen LogP contribution >= 0.6 is 0 Å². The van der Waals surface area contributed by atoms with Crippen molar-refractivity contribution in [3.8, 4) is 12.5 Å². The van der Waals surface area contributed by atoms with E-state index < -0.39 is 67.6 Å². The number of nitrogens with one attached hydrogen (secondary N) is 1.